The normalized spacial score (nSPS) is 10.1. The number of benzene rings is 1. The van der Waals surface area contributed by atoms with Crippen LogP contribution in [0.1, 0.15) is 11.3 Å². The number of amides is 1. The number of nitrogens with one attached hydrogen (secondary N) is 1. The van der Waals surface area contributed by atoms with Gasteiger partial charge in [-0.25, -0.2) is 4.98 Å². The highest BCUT2D eigenvalue weighted by atomic mass is 16.5. The molecule has 1 heterocycles. The molecule has 0 saturated heterocycles. The molecule has 0 aliphatic rings. The Morgan fingerprint density at radius 3 is 2.70 bits per heavy atom. The summed E-state index contributed by atoms with van der Waals surface area (Å²) in [5, 5.41) is 2.67. The van der Waals surface area contributed by atoms with Crippen LogP contribution in [0, 0.1) is 6.92 Å². The van der Waals surface area contributed by atoms with Gasteiger partial charge in [0.2, 0.25) is 0 Å². The van der Waals surface area contributed by atoms with Gasteiger partial charge in [-0.05, 0) is 31.2 Å². The lowest BCUT2D eigenvalue weighted by atomic mass is 10.2. The number of carbonyl (C=O) groups excluding carboxylic acids is 1. The average molecular weight is 271 g/mol. The molecule has 1 aromatic heterocycles. The third-order valence-corrected chi connectivity index (χ3v) is 2.67. The summed E-state index contributed by atoms with van der Waals surface area (Å²) in [6.45, 7) is 2.27. The predicted octanol–water partition coefficient (Wildman–Crippen LogP) is 1.87. The number of aromatic nitrogens is 1. The lowest BCUT2D eigenvalue weighted by Gasteiger charge is -2.08. The minimum atomic E-state index is -0.257. The smallest absolute Gasteiger partial charge is 0.263 e. The summed E-state index contributed by atoms with van der Waals surface area (Å²) in [6.07, 6.45) is 0. The third kappa shape index (κ3) is 4.07. The fourth-order valence-corrected chi connectivity index (χ4v) is 1.63. The SMILES string of the molecule is Cc1ccc(OCC(=O)Nc2cccc(CN)n2)cc1. The van der Waals surface area contributed by atoms with Crippen LogP contribution >= 0.6 is 0 Å². The van der Waals surface area contributed by atoms with Gasteiger partial charge < -0.3 is 15.8 Å². The molecule has 2 rings (SSSR count). The van der Waals surface area contributed by atoms with Crippen molar-refractivity contribution in [2.45, 2.75) is 13.5 Å². The standard InChI is InChI=1S/C15H17N3O2/c1-11-5-7-13(8-6-11)20-10-15(19)18-14-4-2-3-12(9-16)17-14/h2-8H,9-10,16H2,1H3,(H,17,18,19). The molecule has 0 radical (unpaired) electrons. The van der Waals surface area contributed by atoms with Crippen molar-refractivity contribution < 1.29 is 9.53 Å². The lowest BCUT2D eigenvalue weighted by molar-refractivity contribution is -0.118. The highest BCUT2D eigenvalue weighted by Gasteiger charge is 2.05. The van der Waals surface area contributed by atoms with Crippen LogP contribution in [0.5, 0.6) is 5.75 Å². The van der Waals surface area contributed by atoms with Crippen molar-refractivity contribution in [3.63, 3.8) is 0 Å². The van der Waals surface area contributed by atoms with Gasteiger partial charge in [-0.15, -0.1) is 0 Å². The van der Waals surface area contributed by atoms with Crippen molar-refractivity contribution in [3.05, 3.63) is 53.7 Å². The molecule has 0 fully saturated rings. The minimum absolute atomic E-state index is 0.0579. The van der Waals surface area contributed by atoms with Gasteiger partial charge in [-0.2, -0.15) is 0 Å². The van der Waals surface area contributed by atoms with Gasteiger partial charge in [0.05, 0.1) is 5.69 Å². The van der Waals surface area contributed by atoms with Crippen LogP contribution in [0.25, 0.3) is 0 Å². The zero-order valence-corrected chi connectivity index (χ0v) is 11.3. The highest BCUT2D eigenvalue weighted by molar-refractivity contribution is 5.90. The molecule has 0 saturated carbocycles. The fraction of sp³-hybridized carbons (Fsp3) is 0.200. The first-order valence-corrected chi connectivity index (χ1v) is 6.32. The van der Waals surface area contributed by atoms with Crippen LogP contribution in [0.4, 0.5) is 5.82 Å². The molecule has 3 N–H and O–H groups in total. The monoisotopic (exact) mass is 271 g/mol. The number of nitrogens with two attached hydrogens (primary N) is 1. The molecule has 5 nitrogen and oxygen atoms in total. The number of aryl methyl sites for hydroxylation is 1. The van der Waals surface area contributed by atoms with E-state index < -0.39 is 0 Å². The number of nitrogens with zero attached hydrogens (tertiary/aromatic N) is 1. The van der Waals surface area contributed by atoms with Crippen molar-refractivity contribution in [3.8, 4) is 5.75 Å². The molecule has 1 amide bonds. The van der Waals surface area contributed by atoms with E-state index in [0.29, 0.717) is 18.1 Å². The van der Waals surface area contributed by atoms with Gasteiger partial charge in [-0.3, -0.25) is 4.79 Å². The first-order valence-electron chi connectivity index (χ1n) is 6.32. The maximum absolute atomic E-state index is 11.7. The van der Waals surface area contributed by atoms with Gasteiger partial charge in [0.25, 0.3) is 5.91 Å². The minimum Gasteiger partial charge on any atom is -0.484 e. The van der Waals surface area contributed by atoms with E-state index in [2.05, 4.69) is 10.3 Å². The van der Waals surface area contributed by atoms with Crippen molar-refractivity contribution >= 4 is 11.7 Å². The second-order valence-electron chi connectivity index (χ2n) is 4.37. The van der Waals surface area contributed by atoms with Gasteiger partial charge in [0.15, 0.2) is 6.61 Å². The van der Waals surface area contributed by atoms with E-state index in [1.54, 1.807) is 18.2 Å². The lowest BCUT2D eigenvalue weighted by Crippen LogP contribution is -2.21. The van der Waals surface area contributed by atoms with Crippen LogP contribution in [0.3, 0.4) is 0 Å². The van der Waals surface area contributed by atoms with E-state index in [1.807, 2.05) is 31.2 Å². The summed E-state index contributed by atoms with van der Waals surface area (Å²) in [7, 11) is 0. The molecule has 1 aromatic carbocycles. The molecule has 0 unspecified atom stereocenters. The van der Waals surface area contributed by atoms with Crippen LogP contribution < -0.4 is 15.8 Å². The van der Waals surface area contributed by atoms with E-state index in [-0.39, 0.29) is 12.5 Å². The van der Waals surface area contributed by atoms with Crippen molar-refractivity contribution in [1.29, 1.82) is 0 Å². The van der Waals surface area contributed by atoms with E-state index in [0.717, 1.165) is 11.3 Å². The summed E-state index contributed by atoms with van der Waals surface area (Å²) in [5.74, 6) is 0.882. The first-order chi connectivity index (χ1) is 9.67. The topological polar surface area (TPSA) is 77.2 Å². The number of ether oxygens (including phenoxy) is 1. The molecular weight excluding hydrogens is 254 g/mol. The second-order valence-corrected chi connectivity index (χ2v) is 4.37. The Morgan fingerprint density at radius 1 is 1.25 bits per heavy atom. The van der Waals surface area contributed by atoms with Crippen molar-refractivity contribution in [1.82, 2.24) is 4.98 Å². The van der Waals surface area contributed by atoms with Crippen LogP contribution in [-0.4, -0.2) is 17.5 Å². The molecule has 0 bridgehead atoms. The van der Waals surface area contributed by atoms with Crippen LogP contribution in [-0.2, 0) is 11.3 Å². The quantitative estimate of drug-likeness (QED) is 0.870. The molecule has 0 spiro atoms. The fourth-order valence-electron chi connectivity index (χ4n) is 1.63. The summed E-state index contributed by atoms with van der Waals surface area (Å²) in [4.78, 5) is 15.9. The molecule has 104 valence electrons. The second kappa shape index (κ2) is 6.68. The summed E-state index contributed by atoms with van der Waals surface area (Å²) in [5.41, 5.74) is 7.36. The van der Waals surface area contributed by atoms with E-state index in [9.17, 15) is 4.79 Å². The van der Waals surface area contributed by atoms with E-state index in [4.69, 9.17) is 10.5 Å². The Kier molecular flexibility index (Phi) is 4.68. The van der Waals surface area contributed by atoms with Crippen LogP contribution in [0.15, 0.2) is 42.5 Å². The number of pyridine rings is 1. The predicted molar refractivity (Wildman–Crippen MR) is 77.4 cm³/mol. The Bertz CT molecular complexity index is 582. The summed E-state index contributed by atoms with van der Waals surface area (Å²) in [6, 6.07) is 12.8. The van der Waals surface area contributed by atoms with Gasteiger partial charge in [0.1, 0.15) is 11.6 Å². The summed E-state index contributed by atoms with van der Waals surface area (Å²) >= 11 is 0. The number of rotatable bonds is 5. The molecule has 2 aromatic rings. The largest absolute Gasteiger partial charge is 0.484 e. The van der Waals surface area contributed by atoms with Gasteiger partial charge in [-0.1, -0.05) is 23.8 Å². The van der Waals surface area contributed by atoms with Crippen molar-refractivity contribution in [2.75, 3.05) is 11.9 Å². The summed E-state index contributed by atoms with van der Waals surface area (Å²) < 4.78 is 5.39. The highest BCUT2D eigenvalue weighted by Crippen LogP contribution is 2.11. The van der Waals surface area contributed by atoms with E-state index in [1.165, 1.54) is 0 Å². The molecule has 20 heavy (non-hydrogen) atoms. The molecule has 0 aliphatic carbocycles. The molecule has 0 atom stereocenters. The van der Waals surface area contributed by atoms with Crippen molar-refractivity contribution in [2.24, 2.45) is 5.73 Å². The number of anilines is 1. The Hall–Kier alpha value is -2.40. The third-order valence-electron chi connectivity index (χ3n) is 2.67. The maximum atomic E-state index is 11.7. The van der Waals surface area contributed by atoms with Gasteiger partial charge >= 0.3 is 0 Å². The molecular formula is C15H17N3O2. The molecule has 5 heteroatoms. The zero-order valence-electron chi connectivity index (χ0n) is 11.3. The number of carbonyl (C=O) groups is 1. The Balaban J connectivity index is 1.87. The molecule has 0 aliphatic heterocycles. The maximum Gasteiger partial charge on any atom is 0.263 e. The van der Waals surface area contributed by atoms with E-state index >= 15 is 0 Å². The number of hydrogen-bond acceptors (Lipinski definition) is 4. The Labute approximate surface area is 117 Å². The van der Waals surface area contributed by atoms with Gasteiger partial charge in [0, 0.05) is 6.54 Å². The Morgan fingerprint density at radius 2 is 2.00 bits per heavy atom. The number of hydrogen-bond donors (Lipinski definition) is 2. The first kappa shape index (κ1) is 14.0. The zero-order chi connectivity index (χ0) is 14.4. The van der Waals surface area contributed by atoms with Crippen LogP contribution in [0.2, 0.25) is 0 Å². The average Bonchev–Trinajstić information content (AvgIpc) is 2.47.